The highest BCUT2D eigenvalue weighted by molar-refractivity contribution is 5.99. The van der Waals surface area contributed by atoms with Gasteiger partial charge in [0.2, 0.25) is 0 Å². The van der Waals surface area contributed by atoms with Crippen LogP contribution in [0.5, 0.6) is 0 Å². The van der Waals surface area contributed by atoms with Gasteiger partial charge in [-0.1, -0.05) is 56.3 Å². The molecule has 2 aromatic carbocycles. The van der Waals surface area contributed by atoms with Crippen LogP contribution in [0.2, 0.25) is 0 Å². The molecule has 0 aliphatic carbocycles. The smallest absolute Gasteiger partial charge is 0.182 e. The van der Waals surface area contributed by atoms with Gasteiger partial charge in [0.15, 0.2) is 5.78 Å². The molecule has 2 rings (SSSR count). The van der Waals surface area contributed by atoms with Gasteiger partial charge < -0.3 is 4.90 Å². The first kappa shape index (κ1) is 15.3. The zero-order chi connectivity index (χ0) is 15.4. The van der Waals surface area contributed by atoms with Crippen LogP contribution in [0.4, 0.5) is 5.69 Å². The molecule has 0 aliphatic rings. The van der Waals surface area contributed by atoms with Gasteiger partial charge in [-0.3, -0.25) is 4.79 Å². The fourth-order valence-corrected chi connectivity index (χ4v) is 2.44. The number of aryl methyl sites for hydroxylation is 1. The lowest BCUT2D eigenvalue weighted by Crippen LogP contribution is -2.26. The Bertz CT molecular complexity index is 614. The molecule has 0 aromatic heterocycles. The molecule has 0 atom stereocenters. The van der Waals surface area contributed by atoms with Gasteiger partial charge in [-0.15, -0.1) is 0 Å². The lowest BCUT2D eigenvalue weighted by Gasteiger charge is -2.20. The van der Waals surface area contributed by atoms with Crippen LogP contribution >= 0.6 is 0 Å². The van der Waals surface area contributed by atoms with E-state index >= 15 is 0 Å². The van der Waals surface area contributed by atoms with Crippen LogP contribution in [0.1, 0.15) is 41.3 Å². The first-order valence-corrected chi connectivity index (χ1v) is 7.39. The molecule has 0 saturated heterocycles. The maximum absolute atomic E-state index is 12.4. The van der Waals surface area contributed by atoms with Gasteiger partial charge in [0, 0.05) is 18.3 Å². The molecule has 0 spiro atoms. The maximum atomic E-state index is 12.4. The summed E-state index contributed by atoms with van der Waals surface area (Å²) >= 11 is 0. The molecule has 0 fully saturated rings. The Morgan fingerprint density at radius 2 is 1.67 bits per heavy atom. The second-order valence-corrected chi connectivity index (χ2v) is 5.84. The summed E-state index contributed by atoms with van der Waals surface area (Å²) in [6, 6.07) is 16.1. The Labute approximate surface area is 127 Å². The number of hydrogen-bond donors (Lipinski definition) is 0. The van der Waals surface area contributed by atoms with E-state index in [1.807, 2.05) is 54.4 Å². The third-order valence-corrected chi connectivity index (χ3v) is 3.81. The van der Waals surface area contributed by atoms with Crippen LogP contribution in [0, 0.1) is 6.92 Å². The second kappa shape index (κ2) is 6.57. The Morgan fingerprint density at radius 3 is 2.24 bits per heavy atom. The predicted octanol–water partition coefficient (Wildman–Crippen LogP) is 4.44. The molecule has 0 amide bonds. The maximum Gasteiger partial charge on any atom is 0.182 e. The average Bonchev–Trinajstić information content (AvgIpc) is 2.47. The number of ketones is 1. The van der Waals surface area contributed by atoms with Gasteiger partial charge in [0.05, 0.1) is 6.54 Å². The standard InChI is InChI=1S/C19H23NO/c1-14(2)16-9-11-17(12-10-16)19(21)13-20(4)18-8-6-5-7-15(18)3/h5-12,14H,13H2,1-4H3. The first-order chi connectivity index (χ1) is 9.99. The largest absolute Gasteiger partial charge is 0.367 e. The highest BCUT2D eigenvalue weighted by Gasteiger charge is 2.11. The van der Waals surface area contributed by atoms with E-state index in [0.29, 0.717) is 12.5 Å². The zero-order valence-electron chi connectivity index (χ0n) is 13.3. The van der Waals surface area contributed by atoms with E-state index < -0.39 is 0 Å². The molecular formula is C19H23NO. The molecule has 2 heteroatoms. The molecule has 2 aromatic rings. The highest BCUT2D eigenvalue weighted by atomic mass is 16.1. The quantitative estimate of drug-likeness (QED) is 0.755. The fourth-order valence-electron chi connectivity index (χ4n) is 2.44. The average molecular weight is 281 g/mol. The van der Waals surface area contributed by atoms with Crippen molar-refractivity contribution in [1.82, 2.24) is 0 Å². The second-order valence-electron chi connectivity index (χ2n) is 5.84. The minimum absolute atomic E-state index is 0.149. The van der Waals surface area contributed by atoms with E-state index in [-0.39, 0.29) is 5.78 Å². The number of carbonyl (C=O) groups excluding carboxylic acids is 1. The van der Waals surface area contributed by atoms with Crippen molar-refractivity contribution in [2.45, 2.75) is 26.7 Å². The van der Waals surface area contributed by atoms with Crippen molar-refractivity contribution in [2.75, 3.05) is 18.5 Å². The molecule has 2 nitrogen and oxygen atoms in total. The number of rotatable bonds is 5. The van der Waals surface area contributed by atoms with E-state index in [2.05, 4.69) is 26.8 Å². The first-order valence-electron chi connectivity index (χ1n) is 7.39. The number of carbonyl (C=O) groups is 1. The third kappa shape index (κ3) is 3.72. The van der Waals surface area contributed by atoms with E-state index in [1.165, 1.54) is 11.1 Å². The number of benzene rings is 2. The topological polar surface area (TPSA) is 20.3 Å². The summed E-state index contributed by atoms with van der Waals surface area (Å²) in [5.41, 5.74) is 4.33. The Kier molecular flexibility index (Phi) is 4.79. The van der Waals surface area contributed by atoms with Crippen LogP contribution < -0.4 is 4.90 Å². The van der Waals surface area contributed by atoms with E-state index in [0.717, 1.165) is 11.3 Å². The summed E-state index contributed by atoms with van der Waals surface area (Å²) in [5, 5.41) is 0. The summed E-state index contributed by atoms with van der Waals surface area (Å²) in [6.45, 7) is 6.77. The molecular weight excluding hydrogens is 258 g/mol. The van der Waals surface area contributed by atoms with E-state index in [9.17, 15) is 4.79 Å². The van der Waals surface area contributed by atoms with Crippen molar-refractivity contribution < 1.29 is 4.79 Å². The summed E-state index contributed by atoms with van der Waals surface area (Å²) in [4.78, 5) is 14.4. The summed E-state index contributed by atoms with van der Waals surface area (Å²) in [5.74, 6) is 0.639. The number of para-hydroxylation sites is 1. The van der Waals surface area contributed by atoms with E-state index in [1.54, 1.807) is 0 Å². The number of nitrogens with zero attached hydrogens (tertiary/aromatic N) is 1. The minimum Gasteiger partial charge on any atom is -0.367 e. The van der Waals surface area contributed by atoms with Crippen molar-refractivity contribution in [3.05, 3.63) is 65.2 Å². The lowest BCUT2D eigenvalue weighted by atomic mass is 10.0. The molecule has 0 saturated carbocycles. The number of Topliss-reactive ketones (excluding diaryl/α,β-unsaturated/α-hetero) is 1. The number of likely N-dealkylation sites (N-methyl/N-ethyl adjacent to an activating group) is 1. The van der Waals surface area contributed by atoms with Crippen LogP contribution in [-0.2, 0) is 0 Å². The Morgan fingerprint density at radius 1 is 1.05 bits per heavy atom. The van der Waals surface area contributed by atoms with Gasteiger partial charge in [0.25, 0.3) is 0 Å². The fraction of sp³-hybridized carbons (Fsp3) is 0.316. The van der Waals surface area contributed by atoms with Gasteiger partial charge in [0.1, 0.15) is 0 Å². The zero-order valence-corrected chi connectivity index (χ0v) is 13.3. The van der Waals surface area contributed by atoms with Crippen molar-refractivity contribution in [1.29, 1.82) is 0 Å². The highest BCUT2D eigenvalue weighted by Crippen LogP contribution is 2.19. The third-order valence-electron chi connectivity index (χ3n) is 3.81. The summed E-state index contributed by atoms with van der Waals surface area (Å²) < 4.78 is 0. The Balaban J connectivity index is 2.09. The lowest BCUT2D eigenvalue weighted by molar-refractivity contribution is 0.100. The van der Waals surface area contributed by atoms with Gasteiger partial charge >= 0.3 is 0 Å². The van der Waals surface area contributed by atoms with Crippen molar-refractivity contribution in [2.24, 2.45) is 0 Å². The van der Waals surface area contributed by atoms with Crippen molar-refractivity contribution in [3.8, 4) is 0 Å². The van der Waals surface area contributed by atoms with Crippen LogP contribution in [0.15, 0.2) is 48.5 Å². The normalized spacial score (nSPS) is 10.7. The summed E-state index contributed by atoms with van der Waals surface area (Å²) in [6.07, 6.45) is 0. The van der Waals surface area contributed by atoms with Gasteiger partial charge in [-0.25, -0.2) is 0 Å². The van der Waals surface area contributed by atoms with Crippen LogP contribution in [0.3, 0.4) is 0 Å². The van der Waals surface area contributed by atoms with Crippen molar-refractivity contribution in [3.63, 3.8) is 0 Å². The van der Waals surface area contributed by atoms with Gasteiger partial charge in [-0.2, -0.15) is 0 Å². The van der Waals surface area contributed by atoms with Gasteiger partial charge in [-0.05, 0) is 30.0 Å². The SMILES string of the molecule is Cc1ccccc1N(C)CC(=O)c1ccc(C(C)C)cc1. The Hall–Kier alpha value is -2.09. The minimum atomic E-state index is 0.149. The van der Waals surface area contributed by atoms with E-state index in [4.69, 9.17) is 0 Å². The number of hydrogen-bond acceptors (Lipinski definition) is 2. The molecule has 0 radical (unpaired) electrons. The summed E-state index contributed by atoms with van der Waals surface area (Å²) in [7, 11) is 1.96. The molecule has 0 heterocycles. The predicted molar refractivity (Wildman–Crippen MR) is 89.3 cm³/mol. The molecule has 0 unspecified atom stereocenters. The molecule has 0 bridgehead atoms. The van der Waals surface area contributed by atoms with Crippen LogP contribution in [0.25, 0.3) is 0 Å². The van der Waals surface area contributed by atoms with Crippen molar-refractivity contribution >= 4 is 11.5 Å². The molecule has 110 valence electrons. The number of anilines is 1. The van der Waals surface area contributed by atoms with Crippen LogP contribution in [-0.4, -0.2) is 19.4 Å². The molecule has 0 N–H and O–H groups in total. The monoisotopic (exact) mass is 281 g/mol. The molecule has 21 heavy (non-hydrogen) atoms. The molecule has 0 aliphatic heterocycles.